The molecule has 0 heterocycles. The van der Waals surface area contributed by atoms with Crippen molar-refractivity contribution in [2.24, 2.45) is 11.8 Å². The van der Waals surface area contributed by atoms with Gasteiger partial charge in [0.15, 0.2) is 0 Å². The van der Waals surface area contributed by atoms with E-state index in [9.17, 15) is 0 Å². The van der Waals surface area contributed by atoms with E-state index < -0.39 is 5.97 Å². The molecule has 0 aromatic heterocycles. The Labute approximate surface area is 177 Å². The zero-order valence-corrected chi connectivity index (χ0v) is 20.2. The second-order valence-corrected chi connectivity index (χ2v) is 8.62. The molecule has 1 unspecified atom stereocenters. The van der Waals surface area contributed by atoms with Crippen LogP contribution in [0.4, 0.5) is 0 Å². The van der Waals surface area contributed by atoms with Crippen LogP contribution in [-0.4, -0.2) is 25.8 Å². The maximum absolute atomic E-state index is 6.44. The van der Waals surface area contributed by atoms with Crippen molar-refractivity contribution in [3.05, 3.63) is 0 Å². The highest BCUT2D eigenvalue weighted by Gasteiger charge is 2.44. The summed E-state index contributed by atoms with van der Waals surface area (Å²) in [4.78, 5) is 0. The Bertz CT molecular complexity index is 290. The molecule has 3 heteroatoms. The van der Waals surface area contributed by atoms with Gasteiger partial charge >= 0.3 is 0 Å². The Hall–Kier alpha value is -0.120. The molecule has 0 saturated heterocycles. The lowest BCUT2D eigenvalue weighted by atomic mass is 9.87. The van der Waals surface area contributed by atoms with E-state index in [2.05, 4.69) is 41.5 Å². The van der Waals surface area contributed by atoms with Crippen LogP contribution in [0.3, 0.4) is 0 Å². The third-order valence-corrected chi connectivity index (χ3v) is 5.53. The number of ether oxygens (including phenoxy) is 3. The largest absolute Gasteiger partial charge is 0.327 e. The highest BCUT2D eigenvalue weighted by Crippen LogP contribution is 2.36. The van der Waals surface area contributed by atoms with Crippen LogP contribution in [-0.2, 0) is 14.2 Å². The summed E-state index contributed by atoms with van der Waals surface area (Å²) < 4.78 is 19.3. The number of unbranched alkanes of at least 4 members (excludes halogenated alkanes) is 8. The molecule has 0 radical (unpaired) electrons. The van der Waals surface area contributed by atoms with Crippen LogP contribution in [0.15, 0.2) is 0 Å². The Morgan fingerprint density at radius 3 is 1.32 bits per heavy atom. The number of hydrogen-bond donors (Lipinski definition) is 0. The van der Waals surface area contributed by atoms with Crippen molar-refractivity contribution in [3.63, 3.8) is 0 Å². The average Bonchev–Trinajstić information content (AvgIpc) is 2.67. The van der Waals surface area contributed by atoms with E-state index in [-0.39, 0.29) is 5.92 Å². The van der Waals surface area contributed by atoms with Gasteiger partial charge in [-0.1, -0.05) is 99.3 Å². The van der Waals surface area contributed by atoms with E-state index in [0.29, 0.717) is 25.7 Å². The first-order valence-corrected chi connectivity index (χ1v) is 12.5. The van der Waals surface area contributed by atoms with Crippen molar-refractivity contribution in [1.82, 2.24) is 0 Å². The third-order valence-electron chi connectivity index (χ3n) is 5.53. The molecule has 0 N–H and O–H groups in total. The third kappa shape index (κ3) is 12.4. The lowest BCUT2D eigenvalue weighted by molar-refractivity contribution is -0.411. The van der Waals surface area contributed by atoms with Gasteiger partial charge in [0.05, 0.1) is 19.8 Å². The Morgan fingerprint density at radius 1 is 0.536 bits per heavy atom. The van der Waals surface area contributed by atoms with Crippen molar-refractivity contribution < 1.29 is 14.2 Å². The van der Waals surface area contributed by atoms with E-state index >= 15 is 0 Å². The Kier molecular flexibility index (Phi) is 18.8. The SMILES string of the molecule is CCCCCCCCC(C(C)C)C(OCCCC)(OCCCC)OCCCC. The number of rotatable bonds is 21. The van der Waals surface area contributed by atoms with Gasteiger partial charge in [0.25, 0.3) is 5.97 Å². The van der Waals surface area contributed by atoms with Crippen LogP contribution in [0.1, 0.15) is 125 Å². The van der Waals surface area contributed by atoms with E-state index in [1.165, 1.54) is 38.5 Å². The summed E-state index contributed by atoms with van der Waals surface area (Å²) in [7, 11) is 0. The molecular formula is C25H52O3. The summed E-state index contributed by atoms with van der Waals surface area (Å²) >= 11 is 0. The molecule has 0 aromatic carbocycles. The first kappa shape index (κ1) is 27.9. The summed E-state index contributed by atoms with van der Waals surface area (Å²) in [6.07, 6.45) is 15.6. The van der Waals surface area contributed by atoms with Crippen molar-refractivity contribution in [3.8, 4) is 0 Å². The van der Waals surface area contributed by atoms with Gasteiger partial charge in [-0.25, -0.2) is 0 Å². The molecule has 3 nitrogen and oxygen atoms in total. The van der Waals surface area contributed by atoms with Gasteiger partial charge in [-0.3, -0.25) is 0 Å². The summed E-state index contributed by atoms with van der Waals surface area (Å²) in [6, 6.07) is 0. The standard InChI is InChI=1S/C25H52O3/c1-7-11-15-16-17-18-19-24(23(5)6)25(26-20-12-8-2,27-21-13-9-3)28-22-14-10-4/h23-24H,7-22H2,1-6H3. The van der Waals surface area contributed by atoms with Gasteiger partial charge in [0.2, 0.25) is 0 Å². The molecule has 0 fully saturated rings. The second kappa shape index (κ2) is 18.9. The lowest BCUT2D eigenvalue weighted by Crippen LogP contribution is -2.49. The first-order valence-electron chi connectivity index (χ1n) is 12.5. The van der Waals surface area contributed by atoms with E-state index in [1.807, 2.05) is 0 Å². The molecule has 28 heavy (non-hydrogen) atoms. The zero-order valence-electron chi connectivity index (χ0n) is 20.2. The molecule has 0 spiro atoms. The fourth-order valence-electron chi connectivity index (χ4n) is 3.59. The van der Waals surface area contributed by atoms with Crippen LogP contribution in [0.25, 0.3) is 0 Å². The van der Waals surface area contributed by atoms with Gasteiger partial charge in [-0.2, -0.15) is 0 Å². The molecule has 0 amide bonds. The lowest BCUT2D eigenvalue weighted by Gasteiger charge is -2.42. The van der Waals surface area contributed by atoms with Crippen molar-refractivity contribution in [1.29, 1.82) is 0 Å². The van der Waals surface area contributed by atoms with Crippen LogP contribution in [0.5, 0.6) is 0 Å². The molecule has 0 aliphatic carbocycles. The predicted octanol–water partition coefficient (Wildman–Crippen LogP) is 8.11. The quantitative estimate of drug-likeness (QED) is 0.144. The first-order chi connectivity index (χ1) is 13.6. The monoisotopic (exact) mass is 400 g/mol. The molecule has 0 aliphatic rings. The van der Waals surface area contributed by atoms with Crippen LogP contribution < -0.4 is 0 Å². The predicted molar refractivity (Wildman–Crippen MR) is 122 cm³/mol. The van der Waals surface area contributed by atoms with Gasteiger partial charge in [-0.15, -0.1) is 0 Å². The van der Waals surface area contributed by atoms with Crippen molar-refractivity contribution in [2.45, 2.75) is 131 Å². The van der Waals surface area contributed by atoms with Crippen LogP contribution in [0, 0.1) is 11.8 Å². The molecule has 170 valence electrons. The van der Waals surface area contributed by atoms with E-state index in [4.69, 9.17) is 14.2 Å². The number of hydrogen-bond acceptors (Lipinski definition) is 3. The minimum absolute atomic E-state index is 0.282. The van der Waals surface area contributed by atoms with Gasteiger partial charge in [0.1, 0.15) is 0 Å². The molecule has 0 bridgehead atoms. The maximum atomic E-state index is 6.44. The van der Waals surface area contributed by atoms with Crippen LogP contribution >= 0.6 is 0 Å². The average molecular weight is 401 g/mol. The fraction of sp³-hybridized carbons (Fsp3) is 1.00. The molecule has 1 atom stereocenters. The fourth-order valence-corrected chi connectivity index (χ4v) is 3.59. The topological polar surface area (TPSA) is 27.7 Å². The summed E-state index contributed by atoms with van der Waals surface area (Å²) in [5, 5.41) is 0. The van der Waals surface area contributed by atoms with Gasteiger partial charge in [0, 0.05) is 5.92 Å². The summed E-state index contributed by atoms with van der Waals surface area (Å²) in [5.74, 6) is -0.110. The van der Waals surface area contributed by atoms with E-state index in [1.54, 1.807) is 0 Å². The van der Waals surface area contributed by atoms with Gasteiger partial charge in [-0.05, 0) is 31.6 Å². The van der Waals surface area contributed by atoms with Crippen molar-refractivity contribution >= 4 is 0 Å². The van der Waals surface area contributed by atoms with E-state index in [0.717, 1.165) is 44.9 Å². The van der Waals surface area contributed by atoms with Crippen LogP contribution in [0.2, 0.25) is 0 Å². The minimum Gasteiger partial charge on any atom is -0.327 e. The summed E-state index contributed by atoms with van der Waals surface area (Å²) in [5.41, 5.74) is 0. The maximum Gasteiger partial charge on any atom is 0.286 e. The molecule has 0 aliphatic heterocycles. The molecule has 0 rings (SSSR count). The zero-order chi connectivity index (χ0) is 21.1. The smallest absolute Gasteiger partial charge is 0.286 e. The Balaban J connectivity index is 5.14. The Morgan fingerprint density at radius 2 is 0.929 bits per heavy atom. The highest BCUT2D eigenvalue weighted by atomic mass is 16.9. The normalized spacial score (nSPS) is 13.4. The molecular weight excluding hydrogens is 348 g/mol. The molecule has 0 aromatic rings. The highest BCUT2D eigenvalue weighted by molar-refractivity contribution is 4.76. The second-order valence-electron chi connectivity index (χ2n) is 8.62. The van der Waals surface area contributed by atoms with Gasteiger partial charge < -0.3 is 14.2 Å². The summed E-state index contributed by atoms with van der Waals surface area (Å²) in [6.45, 7) is 15.6. The van der Waals surface area contributed by atoms with Crippen molar-refractivity contribution in [2.75, 3.05) is 19.8 Å². The minimum atomic E-state index is -0.864. The molecule has 0 saturated carbocycles.